The molecule has 1 fully saturated rings. The maximum Gasteiger partial charge on any atom is 0.191 e. The topological polar surface area (TPSA) is 42.9 Å². The van der Waals surface area contributed by atoms with Crippen LogP contribution in [0, 0.1) is 0 Å². The highest BCUT2D eigenvalue weighted by Gasteiger charge is 2.14. The Morgan fingerprint density at radius 2 is 1.55 bits per heavy atom. The summed E-state index contributed by atoms with van der Waals surface area (Å²) in [7, 11) is 1.85. The number of rotatable bonds is 9. The zero-order valence-electron chi connectivity index (χ0n) is 14.7. The van der Waals surface area contributed by atoms with E-state index in [1.54, 1.807) is 0 Å². The Morgan fingerprint density at radius 3 is 2.14 bits per heavy atom. The van der Waals surface area contributed by atoms with E-state index in [0.29, 0.717) is 0 Å². The molecule has 0 unspecified atom stereocenters. The van der Waals surface area contributed by atoms with E-state index in [1.807, 2.05) is 7.05 Å². The van der Waals surface area contributed by atoms with Gasteiger partial charge in [0.1, 0.15) is 0 Å². The third kappa shape index (κ3) is 9.84. The van der Waals surface area contributed by atoms with Crippen molar-refractivity contribution in [2.24, 2.45) is 4.99 Å². The summed E-state index contributed by atoms with van der Waals surface area (Å²) >= 11 is 0. The summed E-state index contributed by atoms with van der Waals surface area (Å²) in [6.07, 6.45) is 5.16. The lowest BCUT2D eigenvalue weighted by molar-refractivity contribution is 0.139. The van der Waals surface area contributed by atoms with Crippen LogP contribution in [0.15, 0.2) is 4.99 Å². The summed E-state index contributed by atoms with van der Waals surface area (Å²) in [6, 6.07) is 0. The Labute approximate surface area is 154 Å². The first-order chi connectivity index (χ1) is 10.3. The molecule has 1 aliphatic rings. The first kappa shape index (κ1) is 21.9. The molecule has 22 heavy (non-hydrogen) atoms. The largest absolute Gasteiger partial charge is 0.356 e. The zero-order valence-corrected chi connectivity index (χ0v) is 17.1. The van der Waals surface area contributed by atoms with Gasteiger partial charge in [0.15, 0.2) is 5.96 Å². The number of halogens is 1. The molecule has 0 aromatic heterocycles. The van der Waals surface area contributed by atoms with Gasteiger partial charge < -0.3 is 15.5 Å². The van der Waals surface area contributed by atoms with Crippen LogP contribution in [0.5, 0.6) is 0 Å². The third-order valence-electron chi connectivity index (χ3n) is 4.18. The van der Waals surface area contributed by atoms with Crippen LogP contribution in [0.25, 0.3) is 0 Å². The molecule has 1 heterocycles. The monoisotopic (exact) mass is 425 g/mol. The first-order valence-electron chi connectivity index (χ1n) is 8.69. The van der Waals surface area contributed by atoms with Crippen LogP contribution in [-0.2, 0) is 0 Å². The second-order valence-electron chi connectivity index (χ2n) is 5.76. The molecule has 132 valence electrons. The van der Waals surface area contributed by atoms with Crippen molar-refractivity contribution in [3.63, 3.8) is 0 Å². The van der Waals surface area contributed by atoms with Gasteiger partial charge in [0.25, 0.3) is 0 Å². The normalized spacial score (nSPS) is 17.1. The first-order valence-corrected chi connectivity index (χ1v) is 8.69. The lowest BCUT2D eigenvalue weighted by Crippen LogP contribution is -2.49. The van der Waals surface area contributed by atoms with Crippen molar-refractivity contribution < 1.29 is 0 Å². The molecule has 0 bridgehead atoms. The van der Waals surface area contributed by atoms with Crippen molar-refractivity contribution in [3.05, 3.63) is 0 Å². The Hall–Kier alpha value is -0.0800. The standard InChI is InChI=1S/C16H35N5.HI/c1-4-6-7-8-9-18-16(17-3)19-10-11-21-14-12-20(5-2)13-15-21;/h4-15H2,1-3H3,(H2,17,18,19);1H. The fourth-order valence-electron chi connectivity index (χ4n) is 2.64. The molecular formula is C16H36IN5. The van der Waals surface area contributed by atoms with Crippen molar-refractivity contribution in [3.8, 4) is 0 Å². The average Bonchev–Trinajstić information content (AvgIpc) is 2.53. The Balaban J connectivity index is 0.00000441. The van der Waals surface area contributed by atoms with E-state index in [1.165, 1.54) is 58.4 Å². The summed E-state index contributed by atoms with van der Waals surface area (Å²) in [4.78, 5) is 9.33. The smallest absolute Gasteiger partial charge is 0.191 e. The van der Waals surface area contributed by atoms with Crippen LogP contribution in [0.4, 0.5) is 0 Å². The Morgan fingerprint density at radius 1 is 0.909 bits per heavy atom. The van der Waals surface area contributed by atoms with Crippen molar-refractivity contribution in [1.29, 1.82) is 0 Å². The molecule has 0 radical (unpaired) electrons. The molecule has 0 amide bonds. The molecule has 1 saturated heterocycles. The van der Waals surface area contributed by atoms with Gasteiger partial charge in [0.05, 0.1) is 0 Å². The van der Waals surface area contributed by atoms with E-state index in [-0.39, 0.29) is 24.0 Å². The molecule has 1 rings (SSSR count). The second-order valence-corrected chi connectivity index (χ2v) is 5.76. The predicted octanol–water partition coefficient (Wildman–Crippen LogP) is 1.99. The number of hydrogen-bond donors (Lipinski definition) is 2. The summed E-state index contributed by atoms with van der Waals surface area (Å²) in [5.41, 5.74) is 0. The summed E-state index contributed by atoms with van der Waals surface area (Å²) in [5, 5.41) is 6.81. The van der Waals surface area contributed by atoms with Gasteiger partial charge in [-0.05, 0) is 13.0 Å². The van der Waals surface area contributed by atoms with Crippen molar-refractivity contribution in [1.82, 2.24) is 20.4 Å². The van der Waals surface area contributed by atoms with E-state index in [2.05, 4.69) is 39.3 Å². The molecule has 0 aromatic carbocycles. The lowest BCUT2D eigenvalue weighted by atomic mass is 10.2. The molecule has 1 aliphatic heterocycles. The van der Waals surface area contributed by atoms with Crippen LogP contribution in [0.2, 0.25) is 0 Å². The quantitative estimate of drug-likeness (QED) is 0.257. The van der Waals surface area contributed by atoms with E-state index in [4.69, 9.17) is 0 Å². The number of unbranched alkanes of at least 4 members (excludes halogenated alkanes) is 3. The highest BCUT2D eigenvalue weighted by Crippen LogP contribution is 2.00. The van der Waals surface area contributed by atoms with E-state index >= 15 is 0 Å². The van der Waals surface area contributed by atoms with Crippen molar-refractivity contribution in [2.45, 2.75) is 39.5 Å². The fraction of sp³-hybridized carbons (Fsp3) is 0.938. The van der Waals surface area contributed by atoms with Crippen LogP contribution in [0.1, 0.15) is 39.5 Å². The van der Waals surface area contributed by atoms with Crippen molar-refractivity contribution >= 4 is 29.9 Å². The molecular weight excluding hydrogens is 389 g/mol. The maximum absolute atomic E-state index is 4.28. The van der Waals surface area contributed by atoms with E-state index in [9.17, 15) is 0 Å². The average molecular weight is 425 g/mol. The lowest BCUT2D eigenvalue weighted by Gasteiger charge is -2.34. The predicted molar refractivity (Wildman–Crippen MR) is 107 cm³/mol. The highest BCUT2D eigenvalue weighted by molar-refractivity contribution is 14.0. The van der Waals surface area contributed by atoms with Gasteiger partial charge in [0, 0.05) is 52.9 Å². The van der Waals surface area contributed by atoms with Gasteiger partial charge >= 0.3 is 0 Å². The van der Waals surface area contributed by atoms with Crippen LogP contribution in [-0.4, -0.2) is 75.2 Å². The Kier molecular flexibility index (Phi) is 14.5. The molecule has 0 atom stereocenters. The second kappa shape index (κ2) is 14.5. The van der Waals surface area contributed by atoms with Gasteiger partial charge in [-0.1, -0.05) is 33.1 Å². The maximum atomic E-state index is 4.28. The minimum Gasteiger partial charge on any atom is -0.356 e. The van der Waals surface area contributed by atoms with Crippen LogP contribution >= 0.6 is 24.0 Å². The van der Waals surface area contributed by atoms with E-state index in [0.717, 1.165) is 25.6 Å². The van der Waals surface area contributed by atoms with Crippen LogP contribution < -0.4 is 10.6 Å². The van der Waals surface area contributed by atoms with Gasteiger partial charge in [-0.15, -0.1) is 24.0 Å². The minimum absolute atomic E-state index is 0. The third-order valence-corrected chi connectivity index (χ3v) is 4.18. The summed E-state index contributed by atoms with van der Waals surface area (Å²) in [6.45, 7) is 13.6. The molecule has 0 aromatic rings. The number of hydrogen-bond acceptors (Lipinski definition) is 3. The number of piperazine rings is 1. The highest BCUT2D eigenvalue weighted by atomic mass is 127. The fourth-order valence-corrected chi connectivity index (χ4v) is 2.64. The molecule has 0 saturated carbocycles. The summed E-state index contributed by atoms with van der Waals surface area (Å²) in [5.74, 6) is 0.943. The van der Waals surface area contributed by atoms with Gasteiger partial charge in [0.2, 0.25) is 0 Å². The molecule has 0 aliphatic carbocycles. The zero-order chi connectivity index (χ0) is 15.3. The number of aliphatic imine (C=N–C) groups is 1. The van der Waals surface area contributed by atoms with Gasteiger partial charge in [-0.25, -0.2) is 0 Å². The van der Waals surface area contributed by atoms with Crippen molar-refractivity contribution in [2.75, 3.05) is 59.4 Å². The number of likely N-dealkylation sites (N-methyl/N-ethyl adjacent to an activating group) is 1. The van der Waals surface area contributed by atoms with Gasteiger partial charge in [-0.2, -0.15) is 0 Å². The number of nitrogens with one attached hydrogen (secondary N) is 2. The van der Waals surface area contributed by atoms with Gasteiger partial charge in [-0.3, -0.25) is 9.89 Å². The molecule has 0 spiro atoms. The number of nitrogens with zero attached hydrogens (tertiary/aromatic N) is 3. The molecule has 2 N–H and O–H groups in total. The molecule has 5 nitrogen and oxygen atoms in total. The molecule has 6 heteroatoms. The van der Waals surface area contributed by atoms with E-state index < -0.39 is 0 Å². The summed E-state index contributed by atoms with van der Waals surface area (Å²) < 4.78 is 0. The number of guanidine groups is 1. The Bertz CT molecular complexity index is 278. The van der Waals surface area contributed by atoms with Crippen LogP contribution in [0.3, 0.4) is 0 Å². The minimum atomic E-state index is 0. The SMILES string of the molecule is CCCCCCNC(=NC)NCCN1CCN(CC)CC1.I.